The maximum Gasteiger partial charge on any atom is 0.239 e. The van der Waals surface area contributed by atoms with Gasteiger partial charge in [0.05, 0.1) is 11.0 Å². The molecule has 0 bridgehead atoms. The van der Waals surface area contributed by atoms with Crippen molar-refractivity contribution in [1.29, 1.82) is 0 Å². The monoisotopic (exact) mass is 291 g/mol. The second kappa shape index (κ2) is 3.77. The summed E-state index contributed by atoms with van der Waals surface area (Å²) in [4.78, 5) is 0.0747. The van der Waals surface area contributed by atoms with Gasteiger partial charge >= 0.3 is 0 Å². The van der Waals surface area contributed by atoms with E-state index in [1.54, 1.807) is 12.1 Å². The molecule has 1 aromatic rings. The maximum atomic E-state index is 11.1. The molecule has 1 saturated carbocycles. The Balaban J connectivity index is 2.29. The van der Waals surface area contributed by atoms with Crippen molar-refractivity contribution in [3.63, 3.8) is 0 Å². The second-order valence-electron chi connectivity index (χ2n) is 3.45. The Bertz CT molecular complexity index is 482. The molecule has 1 aliphatic carbocycles. The Morgan fingerprint density at radius 1 is 1.40 bits per heavy atom. The highest BCUT2D eigenvalue weighted by Crippen LogP contribution is 2.30. The van der Waals surface area contributed by atoms with Crippen LogP contribution >= 0.6 is 15.9 Å². The molecule has 0 radical (unpaired) electrons. The van der Waals surface area contributed by atoms with Gasteiger partial charge in [0.25, 0.3) is 0 Å². The van der Waals surface area contributed by atoms with Crippen molar-refractivity contribution in [3.05, 3.63) is 22.7 Å². The standard InChI is InChI=1S/C9H10BrNO3S/c10-8-5-7(14-6-1-2-6)3-4-9(8)15(11,12)13/h3-6H,1-2H2,(H2,11,12,13). The van der Waals surface area contributed by atoms with Gasteiger partial charge < -0.3 is 4.74 Å². The highest BCUT2D eigenvalue weighted by atomic mass is 79.9. The van der Waals surface area contributed by atoms with Crippen molar-refractivity contribution in [2.24, 2.45) is 5.14 Å². The van der Waals surface area contributed by atoms with Crippen LogP contribution in [0.1, 0.15) is 12.8 Å². The summed E-state index contributed by atoms with van der Waals surface area (Å²) in [6, 6.07) is 4.68. The lowest BCUT2D eigenvalue weighted by atomic mass is 10.3. The molecule has 1 fully saturated rings. The number of hydrogen-bond donors (Lipinski definition) is 1. The number of rotatable bonds is 3. The summed E-state index contributed by atoms with van der Waals surface area (Å²) in [5.41, 5.74) is 0. The van der Waals surface area contributed by atoms with Crippen LogP contribution in [0.15, 0.2) is 27.6 Å². The van der Waals surface area contributed by atoms with Crippen LogP contribution < -0.4 is 9.88 Å². The smallest absolute Gasteiger partial charge is 0.239 e. The molecule has 0 amide bonds. The van der Waals surface area contributed by atoms with Crippen molar-refractivity contribution in [2.75, 3.05) is 0 Å². The summed E-state index contributed by atoms with van der Waals surface area (Å²) in [6.45, 7) is 0. The molecule has 0 aliphatic heterocycles. The number of ether oxygens (including phenoxy) is 1. The number of benzene rings is 1. The second-order valence-corrected chi connectivity index (χ2v) is 5.84. The van der Waals surface area contributed by atoms with E-state index >= 15 is 0 Å². The number of nitrogens with two attached hydrogens (primary N) is 1. The molecule has 0 heterocycles. The van der Waals surface area contributed by atoms with Crippen molar-refractivity contribution < 1.29 is 13.2 Å². The first-order valence-corrected chi connectivity index (χ1v) is 6.80. The number of sulfonamides is 1. The van der Waals surface area contributed by atoms with E-state index in [1.807, 2.05) is 0 Å². The van der Waals surface area contributed by atoms with Gasteiger partial charge in [-0.05, 0) is 47.0 Å². The largest absolute Gasteiger partial charge is 0.490 e. The van der Waals surface area contributed by atoms with Crippen LogP contribution in [-0.2, 0) is 10.0 Å². The van der Waals surface area contributed by atoms with Crippen molar-refractivity contribution in [1.82, 2.24) is 0 Å². The van der Waals surface area contributed by atoms with Gasteiger partial charge in [-0.3, -0.25) is 0 Å². The summed E-state index contributed by atoms with van der Waals surface area (Å²) in [5.74, 6) is 0.664. The molecule has 1 aromatic carbocycles. The van der Waals surface area contributed by atoms with Crippen LogP contribution in [0, 0.1) is 0 Å². The third-order valence-corrected chi connectivity index (χ3v) is 3.92. The van der Waals surface area contributed by atoms with E-state index in [0.717, 1.165) is 12.8 Å². The summed E-state index contributed by atoms with van der Waals surface area (Å²) in [6.07, 6.45) is 2.42. The van der Waals surface area contributed by atoms with E-state index < -0.39 is 10.0 Å². The van der Waals surface area contributed by atoms with Crippen molar-refractivity contribution >= 4 is 26.0 Å². The van der Waals surface area contributed by atoms with Gasteiger partial charge in [-0.25, -0.2) is 13.6 Å². The maximum absolute atomic E-state index is 11.1. The van der Waals surface area contributed by atoms with Gasteiger partial charge in [0.15, 0.2) is 0 Å². The fourth-order valence-electron chi connectivity index (χ4n) is 1.16. The highest BCUT2D eigenvalue weighted by molar-refractivity contribution is 9.10. The molecule has 0 aromatic heterocycles. The first-order chi connectivity index (χ1) is 6.97. The van der Waals surface area contributed by atoms with Crippen LogP contribution in [0.3, 0.4) is 0 Å². The molecule has 2 rings (SSSR count). The van der Waals surface area contributed by atoms with Crippen molar-refractivity contribution in [3.8, 4) is 5.75 Å². The first-order valence-electron chi connectivity index (χ1n) is 4.46. The molecule has 0 spiro atoms. The topological polar surface area (TPSA) is 69.4 Å². The predicted molar refractivity (Wildman–Crippen MR) is 59.2 cm³/mol. The Hall–Kier alpha value is -0.590. The van der Waals surface area contributed by atoms with Gasteiger partial charge in [-0.15, -0.1) is 0 Å². The lowest BCUT2D eigenvalue weighted by Gasteiger charge is -2.06. The number of hydrogen-bond acceptors (Lipinski definition) is 3. The normalized spacial score (nSPS) is 16.4. The fraction of sp³-hybridized carbons (Fsp3) is 0.333. The molecule has 0 atom stereocenters. The molecular formula is C9H10BrNO3S. The summed E-state index contributed by atoms with van der Waals surface area (Å²) >= 11 is 3.15. The van der Waals surface area contributed by atoms with Crippen LogP contribution in [0.4, 0.5) is 0 Å². The van der Waals surface area contributed by atoms with E-state index in [9.17, 15) is 8.42 Å². The first kappa shape index (κ1) is 10.9. The van der Waals surface area contributed by atoms with Crippen LogP contribution in [0.2, 0.25) is 0 Å². The van der Waals surface area contributed by atoms with E-state index in [4.69, 9.17) is 9.88 Å². The number of halogens is 1. The quantitative estimate of drug-likeness (QED) is 0.920. The molecular weight excluding hydrogens is 282 g/mol. The minimum Gasteiger partial charge on any atom is -0.490 e. The Kier molecular flexibility index (Phi) is 2.74. The summed E-state index contributed by atoms with van der Waals surface area (Å²) in [5, 5.41) is 5.02. The zero-order valence-electron chi connectivity index (χ0n) is 7.81. The van der Waals surface area contributed by atoms with E-state index in [2.05, 4.69) is 15.9 Å². The lowest BCUT2D eigenvalue weighted by molar-refractivity contribution is 0.303. The van der Waals surface area contributed by atoms with Crippen LogP contribution in [0.25, 0.3) is 0 Å². The zero-order chi connectivity index (χ0) is 11.1. The minimum absolute atomic E-state index is 0.0747. The Morgan fingerprint density at radius 3 is 2.53 bits per heavy atom. The van der Waals surface area contributed by atoms with Gasteiger partial charge in [-0.1, -0.05) is 0 Å². The van der Waals surface area contributed by atoms with Gasteiger partial charge in [0, 0.05) is 4.47 Å². The zero-order valence-corrected chi connectivity index (χ0v) is 10.2. The van der Waals surface area contributed by atoms with Crippen molar-refractivity contribution in [2.45, 2.75) is 23.8 Å². The molecule has 1 aliphatic rings. The molecule has 4 nitrogen and oxygen atoms in total. The predicted octanol–water partition coefficient (Wildman–Crippen LogP) is 1.64. The average molecular weight is 292 g/mol. The summed E-state index contributed by atoms with van der Waals surface area (Å²) in [7, 11) is -3.67. The number of primary sulfonamides is 1. The van der Waals surface area contributed by atoms with E-state index in [-0.39, 0.29) is 11.0 Å². The highest BCUT2D eigenvalue weighted by Gasteiger charge is 2.24. The lowest BCUT2D eigenvalue weighted by Crippen LogP contribution is -2.12. The van der Waals surface area contributed by atoms with Crippen LogP contribution in [-0.4, -0.2) is 14.5 Å². The SMILES string of the molecule is NS(=O)(=O)c1ccc(OC2CC2)cc1Br. The molecule has 82 valence electrons. The minimum atomic E-state index is -3.67. The third-order valence-electron chi connectivity index (χ3n) is 2.04. The fourth-order valence-corrected chi connectivity index (χ4v) is 2.79. The Labute approximate surface area is 96.6 Å². The molecule has 6 heteroatoms. The van der Waals surface area contributed by atoms with Gasteiger partial charge in [0.2, 0.25) is 10.0 Å². The van der Waals surface area contributed by atoms with E-state index in [0.29, 0.717) is 10.2 Å². The Morgan fingerprint density at radius 2 is 2.07 bits per heavy atom. The molecule has 0 unspecified atom stereocenters. The third kappa shape index (κ3) is 2.70. The summed E-state index contributed by atoms with van der Waals surface area (Å²) < 4.78 is 28.2. The molecule has 0 saturated heterocycles. The van der Waals surface area contributed by atoms with E-state index in [1.165, 1.54) is 6.07 Å². The molecule has 15 heavy (non-hydrogen) atoms. The average Bonchev–Trinajstić information content (AvgIpc) is 2.85. The van der Waals surface area contributed by atoms with Gasteiger partial charge in [-0.2, -0.15) is 0 Å². The molecule has 2 N–H and O–H groups in total. The van der Waals surface area contributed by atoms with Gasteiger partial charge in [0.1, 0.15) is 5.75 Å². The van der Waals surface area contributed by atoms with Crippen LogP contribution in [0.5, 0.6) is 5.75 Å².